The first-order valence-corrected chi connectivity index (χ1v) is 7.05. The van der Waals surface area contributed by atoms with E-state index in [-0.39, 0.29) is 0 Å². The summed E-state index contributed by atoms with van der Waals surface area (Å²) < 4.78 is 0. The summed E-state index contributed by atoms with van der Waals surface area (Å²) in [6.07, 6.45) is 3.41. The molecule has 1 aliphatic rings. The Balaban J connectivity index is 1.84. The van der Waals surface area contributed by atoms with Crippen molar-refractivity contribution in [3.63, 3.8) is 0 Å². The van der Waals surface area contributed by atoms with Crippen LogP contribution in [0.5, 0.6) is 0 Å². The highest BCUT2D eigenvalue weighted by Crippen LogP contribution is 2.22. The molecule has 4 heteroatoms. The molecule has 0 spiro atoms. The molecule has 2 N–H and O–H groups in total. The number of hydrogen-bond donors (Lipinski definition) is 1. The predicted octanol–water partition coefficient (Wildman–Crippen LogP) is 1.53. The van der Waals surface area contributed by atoms with E-state index in [0.29, 0.717) is 6.54 Å². The van der Waals surface area contributed by atoms with Gasteiger partial charge in [0.1, 0.15) is 0 Å². The van der Waals surface area contributed by atoms with E-state index in [0.717, 1.165) is 18.8 Å². The molecule has 1 unspecified atom stereocenters. The highest BCUT2D eigenvalue weighted by atomic mass is 32.1. The van der Waals surface area contributed by atoms with Crippen molar-refractivity contribution in [2.24, 2.45) is 11.7 Å². The molecule has 1 atom stereocenters. The molecule has 1 fully saturated rings. The van der Waals surface area contributed by atoms with Crippen molar-refractivity contribution in [1.29, 1.82) is 0 Å². The minimum atomic E-state index is 0.705. The number of likely N-dealkylation sites (tertiary alicyclic amines) is 1. The van der Waals surface area contributed by atoms with E-state index >= 15 is 0 Å². The standard InChI is InChI=1S/C12H21N3S/c1-2-15-6-4-10(8-15)7-12-14-11(3-5-13)9-16-12/h9-10H,2-8,13H2,1H3. The van der Waals surface area contributed by atoms with Gasteiger partial charge in [-0.25, -0.2) is 4.98 Å². The smallest absolute Gasteiger partial charge is 0.0931 e. The van der Waals surface area contributed by atoms with E-state index in [1.165, 1.54) is 36.8 Å². The fourth-order valence-corrected chi connectivity index (χ4v) is 3.26. The van der Waals surface area contributed by atoms with Crippen molar-refractivity contribution >= 4 is 11.3 Å². The van der Waals surface area contributed by atoms with Crippen LogP contribution in [0.4, 0.5) is 0 Å². The lowest BCUT2D eigenvalue weighted by Crippen LogP contribution is -2.20. The van der Waals surface area contributed by atoms with Crippen LogP contribution in [0.2, 0.25) is 0 Å². The molecule has 0 aliphatic carbocycles. The molecule has 1 aromatic heterocycles. The van der Waals surface area contributed by atoms with Crippen molar-refractivity contribution < 1.29 is 0 Å². The van der Waals surface area contributed by atoms with Gasteiger partial charge in [-0.15, -0.1) is 11.3 Å². The molecule has 0 bridgehead atoms. The average molecular weight is 239 g/mol. The zero-order chi connectivity index (χ0) is 11.4. The molecule has 1 saturated heterocycles. The van der Waals surface area contributed by atoms with Crippen molar-refractivity contribution in [2.45, 2.75) is 26.2 Å². The normalized spacial score (nSPS) is 21.8. The summed E-state index contributed by atoms with van der Waals surface area (Å²) in [7, 11) is 0. The first-order chi connectivity index (χ1) is 7.81. The average Bonchev–Trinajstić information content (AvgIpc) is 2.89. The number of nitrogens with zero attached hydrogens (tertiary/aromatic N) is 2. The predicted molar refractivity (Wildman–Crippen MR) is 68.8 cm³/mol. The Bertz CT molecular complexity index is 324. The van der Waals surface area contributed by atoms with E-state index in [4.69, 9.17) is 5.73 Å². The lowest BCUT2D eigenvalue weighted by molar-refractivity contribution is 0.342. The van der Waals surface area contributed by atoms with Gasteiger partial charge < -0.3 is 10.6 Å². The molecule has 2 heterocycles. The summed E-state index contributed by atoms with van der Waals surface area (Å²) in [4.78, 5) is 7.16. The van der Waals surface area contributed by atoms with E-state index in [1.54, 1.807) is 11.3 Å². The Morgan fingerprint density at radius 2 is 2.50 bits per heavy atom. The first kappa shape index (κ1) is 12.0. The van der Waals surface area contributed by atoms with Gasteiger partial charge in [-0.3, -0.25) is 0 Å². The van der Waals surface area contributed by atoms with Crippen molar-refractivity contribution in [3.05, 3.63) is 16.1 Å². The highest BCUT2D eigenvalue weighted by molar-refractivity contribution is 7.09. The Kier molecular flexibility index (Phi) is 4.32. The SMILES string of the molecule is CCN1CCC(Cc2nc(CCN)cs2)C1. The molecular formula is C12H21N3S. The third-order valence-corrected chi connectivity index (χ3v) is 4.20. The van der Waals surface area contributed by atoms with Gasteiger partial charge in [-0.1, -0.05) is 6.92 Å². The molecule has 1 aromatic rings. The third kappa shape index (κ3) is 3.03. The second kappa shape index (κ2) is 5.75. The van der Waals surface area contributed by atoms with Crippen LogP contribution in [-0.4, -0.2) is 36.1 Å². The van der Waals surface area contributed by atoms with Crippen molar-refractivity contribution in [1.82, 2.24) is 9.88 Å². The topological polar surface area (TPSA) is 42.2 Å². The van der Waals surface area contributed by atoms with Crippen LogP contribution in [0.3, 0.4) is 0 Å². The van der Waals surface area contributed by atoms with Gasteiger partial charge in [0.05, 0.1) is 10.7 Å². The maximum atomic E-state index is 5.53. The summed E-state index contributed by atoms with van der Waals surface area (Å²) in [5.41, 5.74) is 6.70. The molecule has 3 nitrogen and oxygen atoms in total. The lowest BCUT2D eigenvalue weighted by atomic mass is 10.1. The number of aromatic nitrogens is 1. The van der Waals surface area contributed by atoms with Crippen LogP contribution in [0.25, 0.3) is 0 Å². The van der Waals surface area contributed by atoms with E-state index < -0.39 is 0 Å². The summed E-state index contributed by atoms with van der Waals surface area (Å²) >= 11 is 1.80. The third-order valence-electron chi connectivity index (χ3n) is 3.28. The fourth-order valence-electron chi connectivity index (χ4n) is 2.32. The van der Waals surface area contributed by atoms with Crippen molar-refractivity contribution in [3.8, 4) is 0 Å². The van der Waals surface area contributed by atoms with Crippen LogP contribution >= 0.6 is 11.3 Å². The molecule has 0 radical (unpaired) electrons. The Hall–Kier alpha value is -0.450. The van der Waals surface area contributed by atoms with Gasteiger partial charge in [0.15, 0.2) is 0 Å². The Labute approximate surface area is 102 Å². The number of rotatable bonds is 5. The Morgan fingerprint density at radius 1 is 1.62 bits per heavy atom. The lowest BCUT2D eigenvalue weighted by Gasteiger charge is -2.11. The summed E-state index contributed by atoms with van der Waals surface area (Å²) in [6, 6.07) is 0. The first-order valence-electron chi connectivity index (χ1n) is 6.17. The molecular weight excluding hydrogens is 218 g/mol. The summed E-state index contributed by atoms with van der Waals surface area (Å²) in [6.45, 7) is 6.65. The number of nitrogens with two attached hydrogens (primary N) is 1. The molecule has 1 aliphatic heterocycles. The van der Waals surface area contributed by atoms with Gasteiger partial charge in [0, 0.05) is 24.8 Å². The quantitative estimate of drug-likeness (QED) is 0.847. The molecule has 90 valence electrons. The van der Waals surface area contributed by atoms with Crippen LogP contribution in [-0.2, 0) is 12.8 Å². The maximum absolute atomic E-state index is 5.53. The van der Waals surface area contributed by atoms with Gasteiger partial charge in [-0.2, -0.15) is 0 Å². The van der Waals surface area contributed by atoms with E-state index in [9.17, 15) is 0 Å². The Morgan fingerprint density at radius 3 is 3.19 bits per heavy atom. The van der Waals surface area contributed by atoms with E-state index in [1.807, 2.05) is 0 Å². The molecule has 16 heavy (non-hydrogen) atoms. The minimum Gasteiger partial charge on any atom is -0.330 e. The summed E-state index contributed by atoms with van der Waals surface area (Å²) in [5.74, 6) is 0.817. The van der Waals surface area contributed by atoms with Gasteiger partial charge in [0.25, 0.3) is 0 Å². The van der Waals surface area contributed by atoms with Crippen molar-refractivity contribution in [2.75, 3.05) is 26.2 Å². The second-order valence-corrected chi connectivity index (χ2v) is 5.47. The maximum Gasteiger partial charge on any atom is 0.0931 e. The largest absolute Gasteiger partial charge is 0.330 e. The monoisotopic (exact) mass is 239 g/mol. The van der Waals surface area contributed by atoms with Crippen LogP contribution < -0.4 is 5.73 Å². The van der Waals surface area contributed by atoms with Crippen LogP contribution in [0.1, 0.15) is 24.0 Å². The second-order valence-electron chi connectivity index (χ2n) is 4.52. The van der Waals surface area contributed by atoms with Gasteiger partial charge in [-0.05, 0) is 32.0 Å². The zero-order valence-electron chi connectivity index (χ0n) is 9.98. The molecule has 2 rings (SSSR count). The van der Waals surface area contributed by atoms with Gasteiger partial charge >= 0.3 is 0 Å². The minimum absolute atomic E-state index is 0.705. The summed E-state index contributed by atoms with van der Waals surface area (Å²) in [5, 5.41) is 3.46. The number of thiazole rings is 1. The van der Waals surface area contributed by atoms with E-state index in [2.05, 4.69) is 22.2 Å². The molecule has 0 aromatic carbocycles. The zero-order valence-corrected chi connectivity index (χ0v) is 10.8. The molecule has 0 saturated carbocycles. The highest BCUT2D eigenvalue weighted by Gasteiger charge is 2.22. The fraction of sp³-hybridized carbons (Fsp3) is 0.750. The van der Waals surface area contributed by atoms with Crippen LogP contribution in [0.15, 0.2) is 5.38 Å². The molecule has 0 amide bonds. The van der Waals surface area contributed by atoms with Gasteiger partial charge in [0.2, 0.25) is 0 Å². The van der Waals surface area contributed by atoms with Crippen LogP contribution in [0, 0.1) is 5.92 Å². The number of hydrogen-bond acceptors (Lipinski definition) is 4.